The lowest BCUT2D eigenvalue weighted by Gasteiger charge is -2.33. The van der Waals surface area contributed by atoms with Crippen molar-refractivity contribution in [3.63, 3.8) is 0 Å². The number of nitrogens with zero attached hydrogens (tertiary/aromatic N) is 3. The molecule has 2 rings (SSSR count). The fourth-order valence-corrected chi connectivity index (χ4v) is 3.26. The fraction of sp³-hybridized carbons (Fsp3) is 0.867. The van der Waals surface area contributed by atoms with Gasteiger partial charge in [-0.1, -0.05) is 26.7 Å². The largest absolute Gasteiger partial charge is 0.314 e. The minimum Gasteiger partial charge on any atom is -0.314 e. The number of hydrogen-bond donors (Lipinski definition) is 1. The molecule has 1 saturated carbocycles. The summed E-state index contributed by atoms with van der Waals surface area (Å²) in [6.07, 6.45) is 8.18. The van der Waals surface area contributed by atoms with Crippen LogP contribution in [0.1, 0.15) is 52.3 Å². The van der Waals surface area contributed by atoms with Gasteiger partial charge in [0.05, 0.1) is 0 Å². The van der Waals surface area contributed by atoms with Crippen molar-refractivity contribution in [3.05, 3.63) is 12.2 Å². The normalized spacial score (nSPS) is 25.4. The molecule has 0 amide bonds. The number of rotatable bonds is 6. The number of likely N-dealkylation sites (N-methyl/N-ethyl adjacent to an activating group) is 1. The van der Waals surface area contributed by atoms with E-state index in [0.29, 0.717) is 6.04 Å². The molecule has 0 aromatic carbocycles. The highest BCUT2D eigenvalue weighted by Crippen LogP contribution is 2.31. The van der Waals surface area contributed by atoms with E-state index in [1.165, 1.54) is 25.7 Å². The molecule has 0 bridgehead atoms. The van der Waals surface area contributed by atoms with Crippen LogP contribution in [0.3, 0.4) is 0 Å². The number of hydrogen-bond acceptors (Lipinski definition) is 3. The Morgan fingerprint density at radius 2 is 2.05 bits per heavy atom. The lowest BCUT2D eigenvalue weighted by molar-refractivity contribution is 0.227. The van der Waals surface area contributed by atoms with E-state index in [4.69, 9.17) is 0 Å². The summed E-state index contributed by atoms with van der Waals surface area (Å²) in [6, 6.07) is 0.562. The van der Waals surface area contributed by atoms with Crippen LogP contribution in [0.15, 0.2) is 6.33 Å². The van der Waals surface area contributed by atoms with Gasteiger partial charge in [0.1, 0.15) is 12.2 Å². The second kappa shape index (κ2) is 7.04. The van der Waals surface area contributed by atoms with Gasteiger partial charge >= 0.3 is 0 Å². The summed E-state index contributed by atoms with van der Waals surface area (Å²) < 4.78 is 2.02. The molecular formula is C15H28N4. The topological polar surface area (TPSA) is 42.7 Å². The molecule has 1 fully saturated rings. The molecule has 1 heterocycles. The summed E-state index contributed by atoms with van der Waals surface area (Å²) in [5, 5.41) is 7.96. The van der Waals surface area contributed by atoms with Gasteiger partial charge in [-0.3, -0.25) is 4.68 Å². The predicted molar refractivity (Wildman–Crippen MR) is 78.0 cm³/mol. The second-order valence-corrected chi connectivity index (χ2v) is 5.88. The van der Waals surface area contributed by atoms with Crippen LogP contribution in [-0.4, -0.2) is 27.4 Å². The van der Waals surface area contributed by atoms with Crippen molar-refractivity contribution < 1.29 is 0 Å². The van der Waals surface area contributed by atoms with Gasteiger partial charge in [0, 0.05) is 19.0 Å². The molecule has 1 unspecified atom stereocenters. The Labute approximate surface area is 117 Å². The standard InChI is InChI=1S/C15H28N4/c1-4-16-14(13-8-6-12(3)7-9-13)10-15-17-11-18-19(15)5-2/h11-14,16H,4-10H2,1-3H3. The zero-order chi connectivity index (χ0) is 13.7. The molecule has 1 aliphatic carbocycles. The summed E-state index contributed by atoms with van der Waals surface area (Å²) in [7, 11) is 0. The third kappa shape index (κ3) is 3.78. The van der Waals surface area contributed by atoms with Crippen molar-refractivity contribution in [1.82, 2.24) is 20.1 Å². The number of aromatic nitrogens is 3. The van der Waals surface area contributed by atoms with Gasteiger partial charge in [-0.05, 0) is 38.1 Å². The highest BCUT2D eigenvalue weighted by Gasteiger charge is 2.26. The van der Waals surface area contributed by atoms with Crippen LogP contribution in [0.25, 0.3) is 0 Å². The summed E-state index contributed by atoms with van der Waals surface area (Å²) in [5.41, 5.74) is 0. The average molecular weight is 264 g/mol. The van der Waals surface area contributed by atoms with E-state index in [1.807, 2.05) is 4.68 Å². The Bertz CT molecular complexity index is 366. The van der Waals surface area contributed by atoms with Crippen molar-refractivity contribution in [2.24, 2.45) is 11.8 Å². The summed E-state index contributed by atoms with van der Waals surface area (Å²) in [5.74, 6) is 2.85. The predicted octanol–water partition coefficient (Wildman–Crippen LogP) is 2.64. The van der Waals surface area contributed by atoms with Crippen LogP contribution in [0, 0.1) is 11.8 Å². The maximum absolute atomic E-state index is 4.43. The Balaban J connectivity index is 1.99. The molecule has 0 radical (unpaired) electrons. The zero-order valence-corrected chi connectivity index (χ0v) is 12.6. The number of nitrogens with one attached hydrogen (secondary N) is 1. The third-order valence-corrected chi connectivity index (χ3v) is 4.49. The third-order valence-electron chi connectivity index (χ3n) is 4.49. The monoisotopic (exact) mass is 264 g/mol. The van der Waals surface area contributed by atoms with E-state index in [1.54, 1.807) is 6.33 Å². The minimum absolute atomic E-state index is 0.562. The molecule has 1 atom stereocenters. The van der Waals surface area contributed by atoms with Crippen molar-refractivity contribution >= 4 is 0 Å². The molecule has 4 heteroatoms. The van der Waals surface area contributed by atoms with Crippen molar-refractivity contribution in [1.29, 1.82) is 0 Å². The molecule has 1 aromatic heterocycles. The quantitative estimate of drug-likeness (QED) is 0.859. The molecule has 0 saturated heterocycles. The van der Waals surface area contributed by atoms with Gasteiger partial charge in [-0.15, -0.1) is 0 Å². The van der Waals surface area contributed by atoms with Crippen LogP contribution in [0.5, 0.6) is 0 Å². The number of aryl methyl sites for hydroxylation is 1. The fourth-order valence-electron chi connectivity index (χ4n) is 3.26. The molecule has 0 spiro atoms. The average Bonchev–Trinajstić information content (AvgIpc) is 2.86. The van der Waals surface area contributed by atoms with Gasteiger partial charge in [0.2, 0.25) is 0 Å². The van der Waals surface area contributed by atoms with E-state index >= 15 is 0 Å². The Morgan fingerprint density at radius 3 is 2.68 bits per heavy atom. The first-order valence-corrected chi connectivity index (χ1v) is 7.84. The summed E-state index contributed by atoms with van der Waals surface area (Å²) in [6.45, 7) is 8.66. The smallest absolute Gasteiger partial charge is 0.138 e. The maximum Gasteiger partial charge on any atom is 0.138 e. The zero-order valence-electron chi connectivity index (χ0n) is 12.6. The van der Waals surface area contributed by atoms with Crippen LogP contribution < -0.4 is 5.32 Å². The Morgan fingerprint density at radius 1 is 1.32 bits per heavy atom. The summed E-state index contributed by atoms with van der Waals surface area (Å²) >= 11 is 0. The van der Waals surface area contributed by atoms with Crippen LogP contribution >= 0.6 is 0 Å². The molecule has 1 N–H and O–H groups in total. The van der Waals surface area contributed by atoms with Crippen LogP contribution in [0.2, 0.25) is 0 Å². The lowest BCUT2D eigenvalue weighted by Crippen LogP contribution is -2.40. The van der Waals surface area contributed by atoms with Crippen LogP contribution in [0.4, 0.5) is 0 Å². The van der Waals surface area contributed by atoms with E-state index in [2.05, 4.69) is 36.2 Å². The van der Waals surface area contributed by atoms with Crippen molar-refractivity contribution in [2.75, 3.05) is 6.54 Å². The van der Waals surface area contributed by atoms with Crippen molar-refractivity contribution in [2.45, 2.75) is 65.5 Å². The second-order valence-electron chi connectivity index (χ2n) is 5.88. The Hall–Kier alpha value is -0.900. The molecule has 4 nitrogen and oxygen atoms in total. The SMILES string of the molecule is CCNC(Cc1ncnn1CC)C1CCC(C)CC1. The Kier molecular flexibility index (Phi) is 5.37. The van der Waals surface area contributed by atoms with E-state index < -0.39 is 0 Å². The van der Waals surface area contributed by atoms with E-state index in [9.17, 15) is 0 Å². The first-order chi connectivity index (χ1) is 9.24. The molecule has 19 heavy (non-hydrogen) atoms. The highest BCUT2D eigenvalue weighted by atomic mass is 15.3. The van der Waals surface area contributed by atoms with Gasteiger partial charge < -0.3 is 5.32 Å². The molecular weight excluding hydrogens is 236 g/mol. The first kappa shape index (κ1) is 14.5. The molecule has 1 aromatic rings. The lowest BCUT2D eigenvalue weighted by atomic mass is 9.78. The summed E-state index contributed by atoms with van der Waals surface area (Å²) in [4.78, 5) is 4.43. The van der Waals surface area contributed by atoms with E-state index in [0.717, 1.165) is 37.2 Å². The minimum atomic E-state index is 0.562. The van der Waals surface area contributed by atoms with Crippen LogP contribution in [-0.2, 0) is 13.0 Å². The maximum atomic E-state index is 4.43. The van der Waals surface area contributed by atoms with Gasteiger partial charge in [-0.25, -0.2) is 4.98 Å². The highest BCUT2D eigenvalue weighted by molar-refractivity contribution is 4.93. The van der Waals surface area contributed by atoms with Crippen molar-refractivity contribution in [3.8, 4) is 0 Å². The molecule has 1 aliphatic rings. The first-order valence-electron chi connectivity index (χ1n) is 7.84. The molecule has 108 valence electrons. The molecule has 0 aliphatic heterocycles. The van der Waals surface area contributed by atoms with Gasteiger partial charge in [0.15, 0.2) is 0 Å². The van der Waals surface area contributed by atoms with Gasteiger partial charge in [0.25, 0.3) is 0 Å². The van der Waals surface area contributed by atoms with Gasteiger partial charge in [-0.2, -0.15) is 5.10 Å². The van der Waals surface area contributed by atoms with E-state index in [-0.39, 0.29) is 0 Å².